The average Bonchev–Trinajstić information content (AvgIpc) is 3.72. The smallest absolute Gasteiger partial charge is 0.143 e. The van der Waals surface area contributed by atoms with Crippen LogP contribution in [0.1, 0.15) is 0 Å². The van der Waals surface area contributed by atoms with Crippen LogP contribution in [0.3, 0.4) is 0 Å². The molecule has 11 aromatic carbocycles. The number of benzene rings is 11. The molecule has 0 spiro atoms. The first-order valence-electron chi connectivity index (χ1n) is 20.6. The number of anilines is 3. The molecule has 0 atom stereocenters. The van der Waals surface area contributed by atoms with Gasteiger partial charge in [0.1, 0.15) is 11.2 Å². The fourth-order valence-electron chi connectivity index (χ4n) is 9.45. The summed E-state index contributed by atoms with van der Waals surface area (Å²) in [6.07, 6.45) is 0. The molecule has 1 heterocycles. The molecule has 0 aliphatic rings. The highest BCUT2D eigenvalue weighted by Gasteiger charge is 2.22. The molecular weight excluding hydrogens is 727 g/mol. The molecule has 0 amide bonds. The van der Waals surface area contributed by atoms with Crippen molar-refractivity contribution in [2.24, 2.45) is 0 Å². The van der Waals surface area contributed by atoms with Crippen LogP contribution in [0, 0.1) is 0 Å². The maximum Gasteiger partial charge on any atom is 0.143 e. The van der Waals surface area contributed by atoms with E-state index in [1.54, 1.807) is 0 Å². The van der Waals surface area contributed by atoms with Crippen LogP contribution >= 0.6 is 0 Å². The van der Waals surface area contributed by atoms with E-state index >= 15 is 0 Å². The molecule has 0 aliphatic carbocycles. The van der Waals surface area contributed by atoms with Gasteiger partial charge in [0.05, 0.1) is 11.1 Å². The maximum absolute atomic E-state index is 6.69. The minimum absolute atomic E-state index is 0.869. The van der Waals surface area contributed by atoms with Gasteiger partial charge in [-0.2, -0.15) is 0 Å². The topological polar surface area (TPSA) is 16.4 Å². The van der Waals surface area contributed by atoms with Crippen LogP contribution in [-0.4, -0.2) is 0 Å². The third kappa shape index (κ3) is 5.50. The van der Waals surface area contributed by atoms with Gasteiger partial charge < -0.3 is 9.32 Å². The molecule has 12 rings (SSSR count). The van der Waals surface area contributed by atoms with E-state index in [0.29, 0.717) is 0 Å². The van der Waals surface area contributed by atoms with E-state index in [-0.39, 0.29) is 0 Å². The molecule has 0 saturated carbocycles. The van der Waals surface area contributed by atoms with Crippen LogP contribution in [0.25, 0.3) is 98.4 Å². The van der Waals surface area contributed by atoms with E-state index in [9.17, 15) is 0 Å². The number of rotatable bonds is 6. The number of hydrogen-bond acceptors (Lipinski definition) is 2. The zero-order valence-electron chi connectivity index (χ0n) is 32.7. The highest BCUT2D eigenvalue weighted by molar-refractivity contribution is 6.22. The first-order chi connectivity index (χ1) is 29.8. The highest BCUT2D eigenvalue weighted by atomic mass is 16.3. The van der Waals surface area contributed by atoms with Gasteiger partial charge in [0.25, 0.3) is 0 Å². The van der Waals surface area contributed by atoms with Crippen LogP contribution in [-0.2, 0) is 0 Å². The molecule has 0 aliphatic heterocycles. The Morgan fingerprint density at radius 2 is 0.867 bits per heavy atom. The van der Waals surface area contributed by atoms with Gasteiger partial charge in [-0.25, -0.2) is 0 Å². The van der Waals surface area contributed by atoms with E-state index in [1.165, 1.54) is 65.5 Å². The van der Waals surface area contributed by atoms with Gasteiger partial charge in [-0.05, 0) is 120 Å². The van der Waals surface area contributed by atoms with Crippen molar-refractivity contribution in [3.63, 3.8) is 0 Å². The van der Waals surface area contributed by atoms with Crippen molar-refractivity contribution in [3.8, 4) is 33.4 Å². The second-order valence-electron chi connectivity index (χ2n) is 15.6. The highest BCUT2D eigenvalue weighted by Crippen LogP contribution is 2.47. The summed E-state index contributed by atoms with van der Waals surface area (Å²) in [7, 11) is 0. The van der Waals surface area contributed by atoms with Crippen molar-refractivity contribution in [2.45, 2.75) is 0 Å². The lowest BCUT2D eigenvalue weighted by molar-refractivity contribution is 0.672. The molecular formula is C58H37NO. The molecule has 280 valence electrons. The van der Waals surface area contributed by atoms with Crippen molar-refractivity contribution < 1.29 is 4.42 Å². The van der Waals surface area contributed by atoms with E-state index < -0.39 is 0 Å². The van der Waals surface area contributed by atoms with Gasteiger partial charge in [0.2, 0.25) is 0 Å². The van der Waals surface area contributed by atoms with Crippen LogP contribution in [0.4, 0.5) is 17.1 Å². The van der Waals surface area contributed by atoms with Gasteiger partial charge >= 0.3 is 0 Å². The largest absolute Gasteiger partial charge is 0.455 e. The molecule has 0 bridgehead atoms. The molecule has 0 fully saturated rings. The lowest BCUT2D eigenvalue weighted by atomic mass is 9.84. The summed E-state index contributed by atoms with van der Waals surface area (Å²) < 4.78 is 6.69. The Kier molecular flexibility index (Phi) is 7.89. The summed E-state index contributed by atoms with van der Waals surface area (Å²) in [5, 5.41) is 11.9. The fraction of sp³-hybridized carbons (Fsp3) is 0. The van der Waals surface area contributed by atoms with Crippen LogP contribution in [0.2, 0.25) is 0 Å². The summed E-state index contributed by atoms with van der Waals surface area (Å²) in [6.45, 7) is 0. The minimum atomic E-state index is 0.869. The first kappa shape index (κ1) is 34.1. The predicted octanol–water partition coefficient (Wildman–Crippen LogP) is 16.7. The zero-order chi connectivity index (χ0) is 39.6. The SMILES string of the molecule is c1ccc(-c2c(-c3ccccc3)c3cc(-c4ccc(N(c5ccc6ccccc6c5)c5cccc6oc7c8ccccc8ccc7c56)cc4)ccc3c3ccccc23)cc1. The van der Waals surface area contributed by atoms with Crippen molar-refractivity contribution in [2.75, 3.05) is 4.90 Å². The van der Waals surface area contributed by atoms with Crippen molar-refractivity contribution in [3.05, 3.63) is 224 Å². The third-order valence-electron chi connectivity index (χ3n) is 12.2. The summed E-state index contributed by atoms with van der Waals surface area (Å²) in [6, 6.07) is 81.2. The lowest BCUT2D eigenvalue weighted by Gasteiger charge is -2.27. The Bertz CT molecular complexity index is 3590. The summed E-state index contributed by atoms with van der Waals surface area (Å²) >= 11 is 0. The van der Waals surface area contributed by atoms with Crippen LogP contribution in [0.5, 0.6) is 0 Å². The molecule has 0 N–H and O–H groups in total. The van der Waals surface area contributed by atoms with Gasteiger partial charge in [0.15, 0.2) is 0 Å². The van der Waals surface area contributed by atoms with Crippen molar-refractivity contribution in [1.29, 1.82) is 0 Å². The normalized spacial score (nSPS) is 11.7. The van der Waals surface area contributed by atoms with Gasteiger partial charge in [-0.1, -0.05) is 176 Å². The number of nitrogens with zero attached hydrogens (tertiary/aromatic N) is 1. The monoisotopic (exact) mass is 763 g/mol. The Hall–Kier alpha value is -7.94. The molecule has 1 aromatic heterocycles. The fourth-order valence-corrected chi connectivity index (χ4v) is 9.45. The molecule has 60 heavy (non-hydrogen) atoms. The second-order valence-corrected chi connectivity index (χ2v) is 15.6. The molecule has 2 heteroatoms. The Labute approximate surface area is 347 Å². The maximum atomic E-state index is 6.69. The zero-order valence-corrected chi connectivity index (χ0v) is 32.7. The molecule has 0 saturated heterocycles. The molecule has 12 aromatic rings. The van der Waals surface area contributed by atoms with E-state index in [0.717, 1.165) is 50.0 Å². The van der Waals surface area contributed by atoms with Crippen molar-refractivity contribution in [1.82, 2.24) is 0 Å². The Balaban J connectivity index is 1.05. The predicted molar refractivity (Wildman–Crippen MR) is 255 cm³/mol. The minimum Gasteiger partial charge on any atom is -0.455 e. The van der Waals surface area contributed by atoms with Crippen LogP contribution < -0.4 is 4.90 Å². The van der Waals surface area contributed by atoms with Gasteiger partial charge in [-0.3, -0.25) is 0 Å². The quantitative estimate of drug-likeness (QED) is 0.157. The summed E-state index contributed by atoms with van der Waals surface area (Å²) in [5.41, 5.74) is 12.3. The number of furan rings is 1. The van der Waals surface area contributed by atoms with Crippen molar-refractivity contribution >= 4 is 82.1 Å². The first-order valence-corrected chi connectivity index (χ1v) is 20.6. The average molecular weight is 764 g/mol. The lowest BCUT2D eigenvalue weighted by Crippen LogP contribution is -2.10. The van der Waals surface area contributed by atoms with E-state index in [4.69, 9.17) is 4.42 Å². The summed E-state index contributed by atoms with van der Waals surface area (Å²) in [5.74, 6) is 0. The standard InChI is InChI=1S/C58H37NO/c1-3-16-41(17-4-1)55-50-23-12-11-22-48(50)49-34-30-44(37-52(49)56(55)42-18-5-2-6-19-42)39-26-31-45(32-27-39)59(46-33-28-38-14-7-8-20-43(38)36-46)53-24-13-25-54-57(53)51-35-29-40-15-9-10-21-47(40)58(51)60-54/h1-37H. The molecule has 0 radical (unpaired) electrons. The van der Waals surface area contributed by atoms with E-state index in [1.807, 2.05) is 0 Å². The Morgan fingerprint density at radius 3 is 1.63 bits per heavy atom. The second kappa shape index (κ2) is 13.9. The number of fused-ring (bicyclic) bond motifs is 9. The van der Waals surface area contributed by atoms with Crippen LogP contribution in [0.15, 0.2) is 229 Å². The van der Waals surface area contributed by atoms with Gasteiger partial charge in [-0.15, -0.1) is 0 Å². The Morgan fingerprint density at radius 1 is 0.300 bits per heavy atom. The molecule has 0 unspecified atom stereocenters. The number of hydrogen-bond donors (Lipinski definition) is 0. The summed E-state index contributed by atoms with van der Waals surface area (Å²) in [4.78, 5) is 2.38. The van der Waals surface area contributed by atoms with E-state index in [2.05, 4.69) is 229 Å². The third-order valence-corrected chi connectivity index (χ3v) is 12.2. The van der Waals surface area contributed by atoms with Gasteiger partial charge in [0, 0.05) is 22.1 Å². The molecule has 2 nitrogen and oxygen atoms in total.